The van der Waals surface area contributed by atoms with Crippen molar-refractivity contribution in [2.24, 2.45) is 0 Å². The molecule has 0 bridgehead atoms. The van der Waals surface area contributed by atoms with Gasteiger partial charge in [0, 0.05) is 10.7 Å². The van der Waals surface area contributed by atoms with Crippen molar-refractivity contribution in [1.29, 1.82) is 5.26 Å². The summed E-state index contributed by atoms with van der Waals surface area (Å²) in [7, 11) is 0. The Morgan fingerprint density at radius 1 is 1.73 bits per heavy atom. The van der Waals surface area contributed by atoms with Gasteiger partial charge in [-0.1, -0.05) is 15.9 Å². The molecule has 1 aromatic rings. The van der Waals surface area contributed by atoms with Crippen molar-refractivity contribution in [3.05, 3.63) is 28.5 Å². The van der Waals surface area contributed by atoms with Gasteiger partial charge in [0.1, 0.15) is 0 Å². The molecular formula is C8H7BrN2. The summed E-state index contributed by atoms with van der Waals surface area (Å²) in [6.07, 6.45) is 1.69. The molecule has 1 atom stereocenters. The van der Waals surface area contributed by atoms with Crippen LogP contribution in [0.15, 0.2) is 22.8 Å². The molecule has 0 aromatic carbocycles. The molecule has 0 fully saturated rings. The summed E-state index contributed by atoms with van der Waals surface area (Å²) in [4.78, 5) is 4.06. The predicted octanol–water partition coefficient (Wildman–Crippen LogP) is 2.47. The summed E-state index contributed by atoms with van der Waals surface area (Å²) in [5.41, 5.74) is 0.807. The molecule has 0 saturated carbocycles. The first-order valence-corrected chi connectivity index (χ1v) is 4.04. The summed E-state index contributed by atoms with van der Waals surface area (Å²) in [6, 6.07) is 5.82. The second kappa shape index (κ2) is 3.49. The van der Waals surface area contributed by atoms with Crippen LogP contribution in [0.1, 0.15) is 18.5 Å². The van der Waals surface area contributed by atoms with Crippen molar-refractivity contribution in [2.45, 2.75) is 12.8 Å². The SMILES string of the molecule is CC(C#N)c1cc(Br)ccn1. The molecule has 0 aliphatic carbocycles. The molecule has 56 valence electrons. The fraction of sp³-hybridized carbons (Fsp3) is 0.250. The van der Waals surface area contributed by atoms with Gasteiger partial charge < -0.3 is 0 Å². The summed E-state index contributed by atoms with van der Waals surface area (Å²) in [5.74, 6) is -0.132. The molecule has 0 N–H and O–H groups in total. The van der Waals surface area contributed by atoms with E-state index in [9.17, 15) is 0 Å². The van der Waals surface area contributed by atoms with E-state index >= 15 is 0 Å². The number of pyridine rings is 1. The zero-order valence-electron chi connectivity index (χ0n) is 6.08. The maximum absolute atomic E-state index is 8.57. The minimum atomic E-state index is -0.132. The summed E-state index contributed by atoms with van der Waals surface area (Å²) in [6.45, 7) is 1.83. The monoisotopic (exact) mass is 210 g/mol. The van der Waals surface area contributed by atoms with E-state index < -0.39 is 0 Å². The van der Waals surface area contributed by atoms with Gasteiger partial charge in [0.05, 0.1) is 17.7 Å². The molecular weight excluding hydrogens is 204 g/mol. The Labute approximate surface area is 74.0 Å². The van der Waals surface area contributed by atoms with Crippen LogP contribution in [-0.2, 0) is 0 Å². The number of nitriles is 1. The lowest BCUT2D eigenvalue weighted by atomic mass is 10.1. The zero-order valence-corrected chi connectivity index (χ0v) is 7.67. The highest BCUT2D eigenvalue weighted by Gasteiger charge is 2.03. The van der Waals surface area contributed by atoms with Crippen LogP contribution in [0.5, 0.6) is 0 Å². The van der Waals surface area contributed by atoms with E-state index in [0.29, 0.717) is 0 Å². The minimum Gasteiger partial charge on any atom is -0.260 e. The van der Waals surface area contributed by atoms with Crippen molar-refractivity contribution >= 4 is 15.9 Å². The van der Waals surface area contributed by atoms with Crippen LogP contribution in [0, 0.1) is 11.3 Å². The Hall–Kier alpha value is -0.880. The van der Waals surface area contributed by atoms with E-state index in [1.165, 1.54) is 0 Å². The zero-order chi connectivity index (χ0) is 8.27. The van der Waals surface area contributed by atoms with E-state index in [1.54, 1.807) is 6.20 Å². The third-order valence-corrected chi connectivity index (χ3v) is 1.87. The number of halogens is 1. The number of nitrogens with zero attached hydrogens (tertiary/aromatic N) is 2. The maximum atomic E-state index is 8.57. The topological polar surface area (TPSA) is 36.7 Å². The van der Waals surface area contributed by atoms with Crippen LogP contribution < -0.4 is 0 Å². The molecule has 0 aliphatic rings. The van der Waals surface area contributed by atoms with Crippen molar-refractivity contribution in [3.63, 3.8) is 0 Å². The summed E-state index contributed by atoms with van der Waals surface area (Å²) < 4.78 is 0.963. The average molecular weight is 211 g/mol. The van der Waals surface area contributed by atoms with E-state index in [4.69, 9.17) is 5.26 Å². The molecule has 2 nitrogen and oxygen atoms in total. The van der Waals surface area contributed by atoms with Crippen molar-refractivity contribution in [3.8, 4) is 6.07 Å². The Bertz CT molecular complexity index is 290. The molecule has 0 amide bonds. The lowest BCUT2D eigenvalue weighted by Crippen LogP contribution is -1.92. The van der Waals surface area contributed by atoms with Gasteiger partial charge in [0.15, 0.2) is 0 Å². The minimum absolute atomic E-state index is 0.132. The van der Waals surface area contributed by atoms with Crippen LogP contribution in [0.4, 0.5) is 0 Å². The van der Waals surface area contributed by atoms with Gasteiger partial charge in [-0.3, -0.25) is 4.98 Å². The lowest BCUT2D eigenvalue weighted by molar-refractivity contribution is 0.918. The van der Waals surface area contributed by atoms with Gasteiger partial charge in [0.25, 0.3) is 0 Å². The Morgan fingerprint density at radius 3 is 3.00 bits per heavy atom. The van der Waals surface area contributed by atoms with Gasteiger partial charge in [-0.25, -0.2) is 0 Å². The van der Waals surface area contributed by atoms with Crippen molar-refractivity contribution < 1.29 is 0 Å². The van der Waals surface area contributed by atoms with Gasteiger partial charge in [0.2, 0.25) is 0 Å². The fourth-order valence-corrected chi connectivity index (χ4v) is 1.08. The third-order valence-electron chi connectivity index (χ3n) is 1.38. The van der Waals surface area contributed by atoms with Crippen LogP contribution >= 0.6 is 15.9 Å². The highest BCUT2D eigenvalue weighted by atomic mass is 79.9. The first kappa shape index (κ1) is 8.22. The quantitative estimate of drug-likeness (QED) is 0.715. The average Bonchev–Trinajstić information content (AvgIpc) is 2.03. The summed E-state index contributed by atoms with van der Waals surface area (Å²) >= 11 is 3.31. The highest BCUT2D eigenvalue weighted by molar-refractivity contribution is 9.10. The van der Waals surface area contributed by atoms with Gasteiger partial charge >= 0.3 is 0 Å². The number of hydrogen-bond donors (Lipinski definition) is 0. The van der Waals surface area contributed by atoms with Crippen LogP contribution in [0.3, 0.4) is 0 Å². The van der Waals surface area contributed by atoms with Crippen molar-refractivity contribution in [1.82, 2.24) is 4.98 Å². The lowest BCUT2D eigenvalue weighted by Gasteiger charge is -2.00. The van der Waals surface area contributed by atoms with Crippen molar-refractivity contribution in [2.75, 3.05) is 0 Å². The molecule has 0 radical (unpaired) electrons. The largest absolute Gasteiger partial charge is 0.260 e. The number of hydrogen-bond acceptors (Lipinski definition) is 2. The Morgan fingerprint density at radius 2 is 2.45 bits per heavy atom. The molecule has 0 saturated heterocycles. The number of rotatable bonds is 1. The Balaban J connectivity index is 2.98. The molecule has 3 heteroatoms. The maximum Gasteiger partial charge on any atom is 0.0857 e. The molecule has 0 spiro atoms. The molecule has 1 unspecified atom stereocenters. The molecule has 11 heavy (non-hydrogen) atoms. The standard InChI is InChI=1S/C8H7BrN2/c1-6(5-10)8-4-7(9)2-3-11-8/h2-4,6H,1H3. The van der Waals surface area contributed by atoms with Gasteiger partial charge in [-0.15, -0.1) is 0 Å². The Kier molecular flexibility index (Phi) is 2.61. The second-order valence-electron chi connectivity index (χ2n) is 2.25. The predicted molar refractivity (Wildman–Crippen MR) is 46.0 cm³/mol. The first-order valence-electron chi connectivity index (χ1n) is 3.25. The molecule has 1 rings (SSSR count). The van der Waals surface area contributed by atoms with Gasteiger partial charge in [-0.2, -0.15) is 5.26 Å². The second-order valence-corrected chi connectivity index (χ2v) is 3.17. The molecule has 0 aliphatic heterocycles. The smallest absolute Gasteiger partial charge is 0.0857 e. The van der Waals surface area contributed by atoms with Gasteiger partial charge in [-0.05, 0) is 19.1 Å². The molecule has 1 aromatic heterocycles. The fourth-order valence-electron chi connectivity index (χ4n) is 0.724. The third kappa shape index (κ3) is 2.02. The molecule has 1 heterocycles. The van der Waals surface area contributed by atoms with Crippen LogP contribution in [0.2, 0.25) is 0 Å². The van der Waals surface area contributed by atoms with Crippen LogP contribution in [-0.4, -0.2) is 4.98 Å². The van der Waals surface area contributed by atoms with E-state index in [0.717, 1.165) is 10.2 Å². The van der Waals surface area contributed by atoms with Crippen LogP contribution in [0.25, 0.3) is 0 Å². The normalized spacial score (nSPS) is 12.1. The highest BCUT2D eigenvalue weighted by Crippen LogP contribution is 2.15. The van der Waals surface area contributed by atoms with E-state index in [2.05, 4.69) is 27.0 Å². The van der Waals surface area contributed by atoms with E-state index in [1.807, 2.05) is 19.1 Å². The summed E-state index contributed by atoms with van der Waals surface area (Å²) in [5, 5.41) is 8.57. The number of aromatic nitrogens is 1. The first-order chi connectivity index (χ1) is 5.24. The van der Waals surface area contributed by atoms with E-state index in [-0.39, 0.29) is 5.92 Å².